The van der Waals surface area contributed by atoms with Gasteiger partial charge in [-0.05, 0) is 24.3 Å². The standard InChI is InChI=1S/C14H16FNO3/c1-3-8-16-12(9-13(17)19-2)14(18)10-4-6-11(15)7-5-10/h3-7,12,16H,1,8-9H2,2H3. The number of carbonyl (C=O) groups excluding carboxylic acids is 2. The Balaban J connectivity index is 2.83. The number of carbonyl (C=O) groups is 2. The van der Waals surface area contributed by atoms with Gasteiger partial charge in [0.25, 0.3) is 0 Å². The molecule has 0 saturated carbocycles. The van der Waals surface area contributed by atoms with Crippen LogP contribution < -0.4 is 5.32 Å². The van der Waals surface area contributed by atoms with E-state index in [-0.39, 0.29) is 12.2 Å². The van der Waals surface area contributed by atoms with Gasteiger partial charge in [0.1, 0.15) is 5.82 Å². The van der Waals surface area contributed by atoms with Crippen LogP contribution in [0.3, 0.4) is 0 Å². The molecule has 0 spiro atoms. The molecule has 0 fully saturated rings. The van der Waals surface area contributed by atoms with E-state index in [9.17, 15) is 14.0 Å². The molecule has 0 aliphatic heterocycles. The zero-order valence-corrected chi connectivity index (χ0v) is 10.7. The zero-order valence-electron chi connectivity index (χ0n) is 10.7. The molecule has 0 radical (unpaired) electrons. The van der Waals surface area contributed by atoms with Crippen molar-refractivity contribution in [2.24, 2.45) is 0 Å². The van der Waals surface area contributed by atoms with Crippen LogP contribution in [0.5, 0.6) is 0 Å². The topological polar surface area (TPSA) is 55.4 Å². The van der Waals surface area contributed by atoms with Gasteiger partial charge in [-0.1, -0.05) is 6.08 Å². The van der Waals surface area contributed by atoms with E-state index in [2.05, 4.69) is 16.6 Å². The van der Waals surface area contributed by atoms with E-state index in [0.29, 0.717) is 12.1 Å². The average molecular weight is 265 g/mol. The normalized spacial score (nSPS) is 11.7. The van der Waals surface area contributed by atoms with Gasteiger partial charge in [-0.15, -0.1) is 6.58 Å². The van der Waals surface area contributed by atoms with Crippen LogP contribution in [0.4, 0.5) is 4.39 Å². The Labute approximate surface area is 111 Å². The van der Waals surface area contributed by atoms with Crippen LogP contribution in [0.1, 0.15) is 16.8 Å². The lowest BCUT2D eigenvalue weighted by atomic mass is 10.0. The molecule has 5 heteroatoms. The predicted molar refractivity (Wildman–Crippen MR) is 69.4 cm³/mol. The van der Waals surface area contributed by atoms with Gasteiger partial charge in [-0.25, -0.2) is 4.39 Å². The van der Waals surface area contributed by atoms with Crippen LogP contribution in [0, 0.1) is 5.82 Å². The maximum atomic E-state index is 12.8. The maximum absolute atomic E-state index is 12.8. The number of ketones is 1. The second-order valence-corrected chi connectivity index (χ2v) is 3.90. The number of esters is 1. The minimum absolute atomic E-state index is 0.0828. The number of nitrogens with one attached hydrogen (secondary N) is 1. The third-order valence-electron chi connectivity index (χ3n) is 2.55. The van der Waals surface area contributed by atoms with E-state index in [1.807, 2.05) is 0 Å². The molecular formula is C14H16FNO3. The molecule has 0 aliphatic rings. The van der Waals surface area contributed by atoms with Crippen molar-refractivity contribution in [3.8, 4) is 0 Å². The molecule has 1 rings (SSSR count). The molecule has 0 aliphatic carbocycles. The predicted octanol–water partition coefficient (Wildman–Crippen LogP) is 1.72. The number of halogens is 1. The Morgan fingerprint density at radius 1 is 1.42 bits per heavy atom. The van der Waals surface area contributed by atoms with Crippen molar-refractivity contribution in [1.29, 1.82) is 0 Å². The summed E-state index contributed by atoms with van der Waals surface area (Å²) in [5, 5.41) is 2.89. The van der Waals surface area contributed by atoms with E-state index in [0.717, 1.165) is 0 Å². The number of hydrogen-bond acceptors (Lipinski definition) is 4. The minimum atomic E-state index is -0.712. The second kappa shape index (κ2) is 7.43. The van der Waals surface area contributed by atoms with E-state index in [1.165, 1.54) is 31.4 Å². The Morgan fingerprint density at radius 3 is 2.58 bits per heavy atom. The van der Waals surface area contributed by atoms with Gasteiger partial charge >= 0.3 is 5.97 Å². The highest BCUT2D eigenvalue weighted by molar-refractivity contribution is 6.01. The van der Waals surface area contributed by atoms with Crippen molar-refractivity contribution in [3.05, 3.63) is 48.3 Å². The van der Waals surface area contributed by atoms with Crippen molar-refractivity contribution in [2.75, 3.05) is 13.7 Å². The average Bonchev–Trinajstić information content (AvgIpc) is 2.43. The first kappa shape index (κ1) is 15.0. The largest absolute Gasteiger partial charge is 0.469 e. The lowest BCUT2D eigenvalue weighted by Gasteiger charge is -2.15. The summed E-state index contributed by atoms with van der Waals surface area (Å²) in [5.41, 5.74) is 0.340. The van der Waals surface area contributed by atoms with Crippen molar-refractivity contribution < 1.29 is 18.7 Å². The van der Waals surface area contributed by atoms with Crippen molar-refractivity contribution >= 4 is 11.8 Å². The van der Waals surface area contributed by atoms with Gasteiger partial charge in [-0.2, -0.15) is 0 Å². The number of benzene rings is 1. The number of hydrogen-bond donors (Lipinski definition) is 1. The highest BCUT2D eigenvalue weighted by Gasteiger charge is 2.22. The summed E-state index contributed by atoms with van der Waals surface area (Å²) in [6.45, 7) is 3.92. The molecule has 1 aromatic carbocycles. The monoisotopic (exact) mass is 265 g/mol. The van der Waals surface area contributed by atoms with E-state index >= 15 is 0 Å². The highest BCUT2D eigenvalue weighted by atomic mass is 19.1. The van der Waals surface area contributed by atoms with Crippen LogP contribution in [-0.4, -0.2) is 31.4 Å². The van der Waals surface area contributed by atoms with E-state index < -0.39 is 17.8 Å². The summed E-state index contributed by atoms with van der Waals surface area (Å²) in [6, 6.07) is 4.47. The smallest absolute Gasteiger partial charge is 0.307 e. The van der Waals surface area contributed by atoms with Crippen LogP contribution in [-0.2, 0) is 9.53 Å². The molecule has 0 bridgehead atoms. The molecule has 0 saturated heterocycles. The summed E-state index contributed by atoms with van der Waals surface area (Å²) in [6.07, 6.45) is 1.50. The SMILES string of the molecule is C=CCNC(CC(=O)OC)C(=O)c1ccc(F)cc1. The molecule has 0 heterocycles. The summed E-state index contributed by atoms with van der Waals surface area (Å²) in [7, 11) is 1.26. The molecule has 0 aromatic heterocycles. The molecule has 19 heavy (non-hydrogen) atoms. The van der Waals surface area contributed by atoms with E-state index in [1.54, 1.807) is 6.08 Å². The van der Waals surface area contributed by atoms with Crippen molar-refractivity contribution in [1.82, 2.24) is 5.32 Å². The van der Waals surface area contributed by atoms with Crippen LogP contribution in [0.25, 0.3) is 0 Å². The van der Waals surface area contributed by atoms with Crippen LogP contribution in [0.2, 0.25) is 0 Å². The fourth-order valence-electron chi connectivity index (χ4n) is 1.55. The first-order valence-corrected chi connectivity index (χ1v) is 5.79. The molecule has 1 aromatic rings. The van der Waals surface area contributed by atoms with Crippen LogP contribution >= 0.6 is 0 Å². The fourth-order valence-corrected chi connectivity index (χ4v) is 1.55. The molecule has 0 amide bonds. The highest BCUT2D eigenvalue weighted by Crippen LogP contribution is 2.09. The molecule has 1 unspecified atom stereocenters. The van der Waals surface area contributed by atoms with Gasteiger partial charge < -0.3 is 10.1 Å². The second-order valence-electron chi connectivity index (χ2n) is 3.90. The Kier molecular flexibility index (Phi) is 5.89. The molecular weight excluding hydrogens is 249 g/mol. The van der Waals surface area contributed by atoms with Crippen molar-refractivity contribution in [2.45, 2.75) is 12.5 Å². The number of rotatable bonds is 7. The van der Waals surface area contributed by atoms with E-state index in [4.69, 9.17) is 0 Å². The first-order valence-electron chi connectivity index (χ1n) is 5.79. The van der Waals surface area contributed by atoms with Crippen LogP contribution in [0.15, 0.2) is 36.9 Å². The van der Waals surface area contributed by atoms with Gasteiger partial charge in [0, 0.05) is 12.1 Å². The maximum Gasteiger partial charge on any atom is 0.307 e. The Bertz CT molecular complexity index is 456. The quantitative estimate of drug-likeness (QED) is 0.463. The van der Waals surface area contributed by atoms with Gasteiger partial charge in [-0.3, -0.25) is 9.59 Å². The lowest BCUT2D eigenvalue weighted by molar-refractivity contribution is -0.140. The summed E-state index contributed by atoms with van der Waals surface area (Å²) >= 11 is 0. The summed E-state index contributed by atoms with van der Waals surface area (Å²) in [4.78, 5) is 23.5. The number of Topliss-reactive ketones (excluding diaryl/α,β-unsaturated/α-hetero) is 1. The molecule has 1 N–H and O–H groups in total. The Morgan fingerprint density at radius 2 is 2.05 bits per heavy atom. The van der Waals surface area contributed by atoms with Gasteiger partial charge in [0.15, 0.2) is 5.78 Å². The molecule has 1 atom stereocenters. The number of ether oxygens (including phenoxy) is 1. The number of methoxy groups -OCH3 is 1. The molecule has 4 nitrogen and oxygen atoms in total. The van der Waals surface area contributed by atoms with Gasteiger partial charge in [0.05, 0.1) is 19.6 Å². The Hall–Kier alpha value is -2.01. The molecule has 102 valence electrons. The van der Waals surface area contributed by atoms with Crippen molar-refractivity contribution in [3.63, 3.8) is 0 Å². The summed E-state index contributed by atoms with van der Waals surface area (Å²) < 4.78 is 17.4. The minimum Gasteiger partial charge on any atom is -0.469 e. The fraction of sp³-hybridized carbons (Fsp3) is 0.286. The zero-order chi connectivity index (χ0) is 14.3. The third kappa shape index (κ3) is 4.63. The van der Waals surface area contributed by atoms with Gasteiger partial charge in [0.2, 0.25) is 0 Å². The third-order valence-corrected chi connectivity index (χ3v) is 2.55. The first-order chi connectivity index (χ1) is 9.08. The lowest BCUT2D eigenvalue weighted by Crippen LogP contribution is -2.39. The summed E-state index contributed by atoms with van der Waals surface area (Å²) in [5.74, 6) is -1.19.